The molecule has 20 heavy (non-hydrogen) atoms. The van der Waals surface area contributed by atoms with E-state index in [0.29, 0.717) is 21.7 Å². The van der Waals surface area contributed by atoms with Gasteiger partial charge in [-0.15, -0.1) is 11.3 Å². The predicted molar refractivity (Wildman–Crippen MR) is 78.6 cm³/mol. The zero-order valence-corrected chi connectivity index (χ0v) is 14.1. The van der Waals surface area contributed by atoms with Gasteiger partial charge in [0.25, 0.3) is 10.0 Å². The first-order valence-electron chi connectivity index (χ1n) is 6.03. The molecule has 3 heterocycles. The number of nitrogens with zero attached hydrogens (tertiary/aromatic N) is 1. The van der Waals surface area contributed by atoms with Crippen LogP contribution in [0.4, 0.5) is 0 Å². The molecule has 0 aromatic carbocycles. The van der Waals surface area contributed by atoms with Crippen molar-refractivity contribution < 1.29 is 18.3 Å². The van der Waals surface area contributed by atoms with Crippen LogP contribution in [0.15, 0.2) is 14.1 Å². The normalized spacial score (nSPS) is 30.0. The van der Waals surface area contributed by atoms with Crippen molar-refractivity contribution in [3.05, 3.63) is 14.9 Å². The maximum Gasteiger partial charge on any atom is 0.308 e. The molecule has 0 spiro atoms. The Kier molecular flexibility index (Phi) is 3.65. The molecule has 9 heteroatoms. The average molecular weight is 401 g/mol. The Morgan fingerprint density at radius 2 is 2.20 bits per heavy atom. The Balaban J connectivity index is 1.99. The summed E-state index contributed by atoms with van der Waals surface area (Å²) in [5.74, 6) is -1.51. The minimum Gasteiger partial charge on any atom is -0.481 e. The third kappa shape index (κ3) is 2.12. The molecular formula is C11H11BrClNO4S2. The van der Waals surface area contributed by atoms with E-state index in [0.717, 1.165) is 17.8 Å². The maximum absolute atomic E-state index is 12.7. The molecule has 2 aliphatic rings. The van der Waals surface area contributed by atoms with Crippen LogP contribution in [0.5, 0.6) is 0 Å². The Bertz CT molecular complexity index is 654. The van der Waals surface area contributed by atoms with Crippen molar-refractivity contribution in [2.24, 2.45) is 5.92 Å². The number of hydrogen-bond donors (Lipinski definition) is 1. The van der Waals surface area contributed by atoms with Crippen LogP contribution in [0.3, 0.4) is 0 Å². The second-order valence-electron chi connectivity index (χ2n) is 5.00. The SMILES string of the molecule is O=C(O)C1CC2CCC1N2S(=O)(=O)c1cc(Cl)c(Br)s1. The van der Waals surface area contributed by atoms with E-state index in [4.69, 9.17) is 11.6 Å². The summed E-state index contributed by atoms with van der Waals surface area (Å²) in [6, 6.07) is 0.784. The van der Waals surface area contributed by atoms with Gasteiger partial charge in [0, 0.05) is 12.1 Å². The summed E-state index contributed by atoms with van der Waals surface area (Å²) < 4.78 is 27.5. The number of hydrogen-bond acceptors (Lipinski definition) is 4. The van der Waals surface area contributed by atoms with Crippen LogP contribution in [0.1, 0.15) is 19.3 Å². The predicted octanol–water partition coefficient (Wildman–Crippen LogP) is 2.79. The molecule has 2 aliphatic heterocycles. The topological polar surface area (TPSA) is 74.7 Å². The zero-order chi connectivity index (χ0) is 14.7. The van der Waals surface area contributed by atoms with Gasteiger partial charge in [0.1, 0.15) is 4.21 Å². The molecule has 5 nitrogen and oxygen atoms in total. The molecule has 0 saturated carbocycles. The third-order valence-electron chi connectivity index (χ3n) is 3.94. The van der Waals surface area contributed by atoms with Crippen LogP contribution in [0.2, 0.25) is 5.02 Å². The quantitative estimate of drug-likeness (QED) is 0.846. The van der Waals surface area contributed by atoms with Gasteiger partial charge in [0.05, 0.1) is 14.7 Å². The fraction of sp³-hybridized carbons (Fsp3) is 0.545. The van der Waals surface area contributed by atoms with Crippen molar-refractivity contribution in [2.45, 2.75) is 35.6 Å². The Hall–Kier alpha value is -0.150. The Labute approximate surface area is 133 Å². The largest absolute Gasteiger partial charge is 0.481 e. The molecule has 1 N–H and O–H groups in total. The molecule has 2 saturated heterocycles. The van der Waals surface area contributed by atoms with Gasteiger partial charge in [-0.3, -0.25) is 4.79 Å². The average Bonchev–Trinajstić information content (AvgIpc) is 3.03. The number of thiophene rings is 1. The number of rotatable bonds is 3. The molecule has 110 valence electrons. The van der Waals surface area contributed by atoms with Gasteiger partial charge in [-0.25, -0.2) is 8.42 Å². The number of aliphatic carboxylic acids is 1. The molecule has 1 aromatic rings. The second-order valence-corrected chi connectivity index (χ2v) is 9.85. The number of carboxylic acids is 1. The van der Waals surface area contributed by atoms with Crippen molar-refractivity contribution in [2.75, 3.05) is 0 Å². The smallest absolute Gasteiger partial charge is 0.308 e. The van der Waals surface area contributed by atoms with Crippen molar-refractivity contribution in [3.63, 3.8) is 0 Å². The molecule has 3 rings (SSSR count). The lowest BCUT2D eigenvalue weighted by Gasteiger charge is -2.21. The molecule has 2 fully saturated rings. The van der Waals surface area contributed by atoms with Crippen molar-refractivity contribution in [1.82, 2.24) is 4.31 Å². The van der Waals surface area contributed by atoms with Crippen LogP contribution < -0.4 is 0 Å². The first kappa shape index (κ1) is 14.8. The van der Waals surface area contributed by atoms with E-state index in [1.807, 2.05) is 0 Å². The highest BCUT2D eigenvalue weighted by Crippen LogP contribution is 2.46. The minimum atomic E-state index is -3.67. The summed E-state index contributed by atoms with van der Waals surface area (Å²) in [6.07, 6.45) is 1.74. The van der Waals surface area contributed by atoms with E-state index in [9.17, 15) is 18.3 Å². The molecular weight excluding hydrogens is 390 g/mol. The second kappa shape index (κ2) is 4.95. The van der Waals surface area contributed by atoms with Crippen LogP contribution in [-0.4, -0.2) is 35.9 Å². The monoisotopic (exact) mass is 399 g/mol. The van der Waals surface area contributed by atoms with E-state index in [1.165, 1.54) is 10.4 Å². The summed E-state index contributed by atoms with van der Waals surface area (Å²) >= 11 is 10.2. The van der Waals surface area contributed by atoms with Crippen LogP contribution in [0, 0.1) is 5.92 Å². The van der Waals surface area contributed by atoms with E-state index < -0.39 is 28.0 Å². The fourth-order valence-corrected chi connectivity index (χ4v) is 7.56. The standard InChI is InChI=1S/C11H11BrClNO4S2/c12-10-7(13)4-9(19-10)20(17,18)14-5-1-2-8(14)6(3-5)11(15)16/h4-6,8H,1-3H2,(H,15,16). The van der Waals surface area contributed by atoms with Gasteiger partial charge in [-0.05, 0) is 41.3 Å². The van der Waals surface area contributed by atoms with Crippen LogP contribution >= 0.6 is 38.9 Å². The first-order chi connectivity index (χ1) is 9.32. The molecule has 3 atom stereocenters. The lowest BCUT2D eigenvalue weighted by molar-refractivity contribution is -0.142. The summed E-state index contributed by atoms with van der Waals surface area (Å²) in [7, 11) is -3.67. The van der Waals surface area contributed by atoms with Gasteiger partial charge in [0.2, 0.25) is 0 Å². The van der Waals surface area contributed by atoms with Gasteiger partial charge in [-0.2, -0.15) is 4.31 Å². The summed E-state index contributed by atoms with van der Waals surface area (Å²) in [4.78, 5) is 11.2. The number of halogens is 2. The number of carboxylic acid groups (broad SMARTS) is 1. The van der Waals surface area contributed by atoms with Crippen molar-refractivity contribution >= 4 is 54.9 Å². The number of carbonyl (C=O) groups is 1. The number of fused-ring (bicyclic) bond motifs is 2. The van der Waals surface area contributed by atoms with E-state index >= 15 is 0 Å². The van der Waals surface area contributed by atoms with Crippen LogP contribution in [-0.2, 0) is 14.8 Å². The van der Waals surface area contributed by atoms with Crippen molar-refractivity contribution in [1.29, 1.82) is 0 Å². The number of sulfonamides is 1. The van der Waals surface area contributed by atoms with Gasteiger partial charge < -0.3 is 5.11 Å². The Morgan fingerprint density at radius 3 is 2.70 bits per heavy atom. The van der Waals surface area contributed by atoms with Gasteiger partial charge in [-0.1, -0.05) is 11.6 Å². The molecule has 3 unspecified atom stereocenters. The summed E-state index contributed by atoms with van der Waals surface area (Å²) in [6.45, 7) is 0. The third-order valence-corrected chi connectivity index (χ3v) is 8.85. The molecule has 0 aliphatic carbocycles. The molecule has 0 radical (unpaired) electrons. The van der Waals surface area contributed by atoms with Gasteiger partial charge in [0.15, 0.2) is 0 Å². The molecule has 1 aromatic heterocycles. The van der Waals surface area contributed by atoms with E-state index in [2.05, 4.69) is 15.9 Å². The zero-order valence-electron chi connectivity index (χ0n) is 10.1. The highest BCUT2D eigenvalue weighted by molar-refractivity contribution is 9.11. The lowest BCUT2D eigenvalue weighted by atomic mass is 9.89. The summed E-state index contributed by atoms with van der Waals surface area (Å²) in [5, 5.41) is 9.55. The lowest BCUT2D eigenvalue weighted by Crippen LogP contribution is -2.37. The first-order valence-corrected chi connectivity index (χ1v) is 9.46. The van der Waals surface area contributed by atoms with E-state index in [-0.39, 0.29) is 10.3 Å². The van der Waals surface area contributed by atoms with Crippen LogP contribution in [0.25, 0.3) is 0 Å². The minimum absolute atomic E-state index is 0.164. The molecule has 2 bridgehead atoms. The highest BCUT2D eigenvalue weighted by atomic mass is 79.9. The highest BCUT2D eigenvalue weighted by Gasteiger charge is 2.54. The summed E-state index contributed by atoms with van der Waals surface area (Å²) in [5.41, 5.74) is 0. The van der Waals surface area contributed by atoms with E-state index in [1.54, 1.807) is 0 Å². The Morgan fingerprint density at radius 1 is 1.50 bits per heavy atom. The van der Waals surface area contributed by atoms with Crippen molar-refractivity contribution in [3.8, 4) is 0 Å². The maximum atomic E-state index is 12.7. The van der Waals surface area contributed by atoms with Gasteiger partial charge >= 0.3 is 5.97 Å². The molecule has 0 amide bonds. The fourth-order valence-electron chi connectivity index (χ4n) is 3.14.